The van der Waals surface area contributed by atoms with Crippen molar-refractivity contribution in [3.05, 3.63) is 59.9 Å². The molecule has 0 aliphatic heterocycles. The van der Waals surface area contributed by atoms with E-state index < -0.39 is 0 Å². The number of hydrogen-bond acceptors (Lipinski definition) is 2. The molecule has 0 bridgehead atoms. The quantitative estimate of drug-likeness (QED) is 0.700. The van der Waals surface area contributed by atoms with Crippen LogP contribution in [0.2, 0.25) is 0 Å². The molecule has 2 atom stereocenters. The van der Waals surface area contributed by atoms with E-state index in [-0.39, 0.29) is 0 Å². The zero-order chi connectivity index (χ0) is 14.8. The highest BCUT2D eigenvalue weighted by Gasteiger charge is 2.45. The molecule has 2 saturated carbocycles. The first-order valence-electron chi connectivity index (χ1n) is 8.46. The second-order valence-corrected chi connectivity index (χ2v) is 7.04. The molecule has 1 aromatic heterocycles. The van der Waals surface area contributed by atoms with Gasteiger partial charge in [-0.05, 0) is 42.4 Å². The van der Waals surface area contributed by atoms with E-state index in [1.54, 1.807) is 0 Å². The van der Waals surface area contributed by atoms with Crippen LogP contribution in [0.5, 0.6) is 0 Å². The molecule has 1 heterocycles. The Balaban J connectivity index is 1.20. The van der Waals surface area contributed by atoms with Crippen molar-refractivity contribution in [3.63, 3.8) is 0 Å². The molecule has 0 spiro atoms. The summed E-state index contributed by atoms with van der Waals surface area (Å²) in [7, 11) is 0. The highest BCUT2D eigenvalue weighted by Crippen LogP contribution is 2.46. The first-order chi connectivity index (χ1) is 10.8. The zero-order valence-electron chi connectivity index (χ0n) is 13.0. The van der Waals surface area contributed by atoms with Gasteiger partial charge in [0.25, 0.3) is 0 Å². The van der Waals surface area contributed by atoms with Crippen molar-refractivity contribution in [1.82, 2.24) is 15.6 Å². The standard InChI is InChI=1S/C19H25N3/c1-2-5-15(6-3-1)17-11-18(17)22-14-19(8-9-19)13-20-12-16-7-4-10-21-16/h1-7,10,17-18,20-22H,8-9,11-14H2/t17-,18+/m1/s1. The number of aromatic nitrogens is 1. The van der Waals surface area contributed by atoms with Crippen molar-refractivity contribution < 1.29 is 0 Å². The van der Waals surface area contributed by atoms with Gasteiger partial charge in [-0.25, -0.2) is 0 Å². The highest BCUT2D eigenvalue weighted by atomic mass is 15.0. The number of hydrogen-bond donors (Lipinski definition) is 3. The third kappa shape index (κ3) is 3.26. The van der Waals surface area contributed by atoms with Gasteiger partial charge in [0.1, 0.15) is 0 Å². The number of rotatable bonds is 8. The van der Waals surface area contributed by atoms with E-state index in [1.165, 1.54) is 37.1 Å². The van der Waals surface area contributed by atoms with Crippen LogP contribution in [0.4, 0.5) is 0 Å². The smallest absolute Gasteiger partial charge is 0.0357 e. The number of H-pyrrole nitrogens is 1. The van der Waals surface area contributed by atoms with E-state index in [9.17, 15) is 0 Å². The lowest BCUT2D eigenvalue weighted by atomic mass is 10.1. The summed E-state index contributed by atoms with van der Waals surface area (Å²) in [5, 5.41) is 7.41. The van der Waals surface area contributed by atoms with Crippen LogP contribution in [-0.4, -0.2) is 24.1 Å². The molecule has 1 aromatic carbocycles. The summed E-state index contributed by atoms with van der Waals surface area (Å²) in [4.78, 5) is 3.25. The topological polar surface area (TPSA) is 39.8 Å². The third-order valence-electron chi connectivity index (χ3n) is 5.19. The average Bonchev–Trinajstić information content (AvgIpc) is 3.45. The molecule has 0 amide bonds. The molecule has 3 nitrogen and oxygen atoms in total. The molecule has 0 unspecified atom stereocenters. The number of benzene rings is 1. The Morgan fingerprint density at radius 2 is 1.91 bits per heavy atom. The van der Waals surface area contributed by atoms with Crippen molar-refractivity contribution >= 4 is 0 Å². The summed E-state index contributed by atoms with van der Waals surface area (Å²) < 4.78 is 0. The number of nitrogens with one attached hydrogen (secondary N) is 3. The lowest BCUT2D eigenvalue weighted by Crippen LogP contribution is -2.34. The Morgan fingerprint density at radius 1 is 1.05 bits per heavy atom. The van der Waals surface area contributed by atoms with E-state index in [0.29, 0.717) is 11.5 Å². The maximum Gasteiger partial charge on any atom is 0.0357 e. The van der Waals surface area contributed by atoms with E-state index in [1.807, 2.05) is 6.20 Å². The third-order valence-corrected chi connectivity index (χ3v) is 5.19. The zero-order valence-corrected chi connectivity index (χ0v) is 13.0. The molecule has 0 saturated heterocycles. The summed E-state index contributed by atoms with van der Waals surface area (Å²) >= 11 is 0. The molecular weight excluding hydrogens is 270 g/mol. The molecule has 0 radical (unpaired) electrons. The molecule has 22 heavy (non-hydrogen) atoms. The maximum atomic E-state index is 3.80. The fourth-order valence-electron chi connectivity index (χ4n) is 3.37. The van der Waals surface area contributed by atoms with Gasteiger partial charge >= 0.3 is 0 Å². The molecule has 116 valence electrons. The summed E-state index contributed by atoms with van der Waals surface area (Å²) in [6.07, 6.45) is 6.01. The largest absolute Gasteiger partial charge is 0.364 e. The summed E-state index contributed by atoms with van der Waals surface area (Å²) in [6, 6.07) is 15.8. The van der Waals surface area contributed by atoms with Gasteiger partial charge in [0.2, 0.25) is 0 Å². The minimum atomic E-state index is 0.510. The second-order valence-electron chi connectivity index (χ2n) is 7.04. The Morgan fingerprint density at radius 3 is 2.64 bits per heavy atom. The van der Waals surface area contributed by atoms with Crippen LogP contribution in [0.1, 0.15) is 36.4 Å². The Hall–Kier alpha value is -1.58. The lowest BCUT2D eigenvalue weighted by Gasteiger charge is -2.17. The minimum absolute atomic E-state index is 0.510. The van der Waals surface area contributed by atoms with E-state index in [4.69, 9.17) is 0 Å². The van der Waals surface area contributed by atoms with E-state index >= 15 is 0 Å². The van der Waals surface area contributed by atoms with Gasteiger partial charge in [-0.15, -0.1) is 0 Å². The molecule has 2 aliphatic carbocycles. The van der Waals surface area contributed by atoms with Gasteiger partial charge < -0.3 is 15.6 Å². The molecule has 2 aromatic rings. The predicted molar refractivity (Wildman–Crippen MR) is 89.8 cm³/mol. The first-order valence-corrected chi connectivity index (χ1v) is 8.46. The molecule has 2 aliphatic rings. The number of aromatic amines is 1. The molecule has 3 heteroatoms. The van der Waals surface area contributed by atoms with E-state index in [0.717, 1.165) is 19.0 Å². The fourth-order valence-corrected chi connectivity index (χ4v) is 3.37. The Kier molecular flexibility index (Phi) is 3.77. The van der Waals surface area contributed by atoms with Gasteiger partial charge in [0.05, 0.1) is 0 Å². The van der Waals surface area contributed by atoms with Gasteiger partial charge in [-0.3, -0.25) is 0 Å². The summed E-state index contributed by atoms with van der Waals surface area (Å²) in [5.74, 6) is 0.740. The SMILES string of the molecule is c1ccc([C@H]2C[C@@H]2NCC2(CNCc3ccc[nH]3)CC2)cc1. The van der Waals surface area contributed by atoms with Crippen LogP contribution < -0.4 is 10.6 Å². The maximum absolute atomic E-state index is 3.80. The van der Waals surface area contributed by atoms with Crippen LogP contribution in [0.3, 0.4) is 0 Å². The summed E-state index contributed by atoms with van der Waals surface area (Å²) in [6.45, 7) is 3.24. The van der Waals surface area contributed by atoms with Crippen molar-refractivity contribution in [2.75, 3.05) is 13.1 Å². The van der Waals surface area contributed by atoms with Crippen molar-refractivity contribution in [2.45, 2.75) is 37.8 Å². The van der Waals surface area contributed by atoms with Crippen LogP contribution in [-0.2, 0) is 6.54 Å². The van der Waals surface area contributed by atoms with Crippen LogP contribution >= 0.6 is 0 Å². The fraction of sp³-hybridized carbons (Fsp3) is 0.474. The van der Waals surface area contributed by atoms with Gasteiger partial charge in [0.15, 0.2) is 0 Å². The van der Waals surface area contributed by atoms with Crippen LogP contribution in [0.25, 0.3) is 0 Å². The van der Waals surface area contributed by atoms with Crippen molar-refractivity contribution in [3.8, 4) is 0 Å². The Labute approximate surface area is 132 Å². The molecule has 4 rings (SSSR count). The minimum Gasteiger partial charge on any atom is -0.364 e. The molecule has 2 fully saturated rings. The summed E-state index contributed by atoms with van der Waals surface area (Å²) in [5.41, 5.74) is 3.28. The average molecular weight is 295 g/mol. The van der Waals surface area contributed by atoms with Crippen molar-refractivity contribution in [1.29, 1.82) is 0 Å². The van der Waals surface area contributed by atoms with Crippen molar-refractivity contribution in [2.24, 2.45) is 5.41 Å². The van der Waals surface area contributed by atoms with Gasteiger partial charge in [0, 0.05) is 43.5 Å². The second kappa shape index (κ2) is 5.90. The monoisotopic (exact) mass is 295 g/mol. The Bertz CT molecular complexity index is 586. The highest BCUT2D eigenvalue weighted by molar-refractivity contribution is 5.27. The van der Waals surface area contributed by atoms with Gasteiger partial charge in [-0.1, -0.05) is 30.3 Å². The predicted octanol–water partition coefficient (Wildman–Crippen LogP) is 3.03. The lowest BCUT2D eigenvalue weighted by molar-refractivity contribution is 0.419. The van der Waals surface area contributed by atoms with Crippen LogP contribution in [0.15, 0.2) is 48.7 Å². The molecule has 3 N–H and O–H groups in total. The van der Waals surface area contributed by atoms with E-state index in [2.05, 4.69) is 58.1 Å². The normalized spacial score (nSPS) is 25.1. The molecular formula is C19H25N3. The van der Waals surface area contributed by atoms with Gasteiger partial charge in [-0.2, -0.15) is 0 Å². The first kappa shape index (κ1) is 14.0. The van der Waals surface area contributed by atoms with Crippen LogP contribution in [0, 0.1) is 5.41 Å².